The average molecular weight is 842 g/mol. The Morgan fingerprint density at radius 3 is 2.46 bits per heavy atom. The molecule has 0 spiro atoms. The predicted octanol–water partition coefficient (Wildman–Crippen LogP) is 4.66. The van der Waals surface area contributed by atoms with Crippen LogP contribution in [0.5, 0.6) is 5.75 Å². The zero-order chi connectivity index (χ0) is 42.6. The number of oxazole rings is 1. The average Bonchev–Trinajstić information content (AvgIpc) is 3.88. The highest BCUT2D eigenvalue weighted by Gasteiger charge is 2.51. The number of amides is 3. The minimum Gasteiger partial charge on any atom is -0.503 e. The first-order valence-electron chi connectivity index (χ1n) is 20.8. The van der Waals surface area contributed by atoms with Crippen molar-refractivity contribution in [3.8, 4) is 17.3 Å². The third-order valence-electron chi connectivity index (χ3n) is 13.6. The Balaban J connectivity index is 0.763. The lowest BCUT2D eigenvalue weighted by molar-refractivity contribution is -0.135. The molecule has 61 heavy (non-hydrogen) atoms. The number of benzene rings is 2. The number of carbonyl (C=O) groups is 3. The molecule has 2 aromatic carbocycles. The molecule has 5 aliphatic rings. The zero-order valence-electron chi connectivity index (χ0n) is 33.7. The van der Waals surface area contributed by atoms with Gasteiger partial charge in [-0.2, -0.15) is 4.39 Å². The van der Waals surface area contributed by atoms with Gasteiger partial charge in [-0.3, -0.25) is 33.7 Å². The van der Waals surface area contributed by atoms with E-state index in [1.54, 1.807) is 30.1 Å². The molecule has 3 aliphatic carbocycles. The van der Waals surface area contributed by atoms with Crippen LogP contribution in [0.2, 0.25) is 0 Å². The minimum atomic E-state index is -1.79. The van der Waals surface area contributed by atoms with Crippen LogP contribution in [-0.4, -0.2) is 91.1 Å². The van der Waals surface area contributed by atoms with Crippen LogP contribution < -0.4 is 21.2 Å². The highest BCUT2D eigenvalue weighted by molar-refractivity contribution is 6.00. The molecule has 3 amide bonds. The van der Waals surface area contributed by atoms with E-state index >= 15 is 0 Å². The summed E-state index contributed by atoms with van der Waals surface area (Å²) in [7, 11) is 1.70. The number of phenolic OH excluding ortho intramolecular Hbond substituents is 1. The molecule has 3 saturated carbocycles. The molecule has 3 aromatic heterocycles. The fourth-order valence-electron chi connectivity index (χ4n) is 9.74. The number of piperidine rings is 1. The van der Waals surface area contributed by atoms with Gasteiger partial charge >= 0.3 is 5.69 Å². The van der Waals surface area contributed by atoms with E-state index in [0.29, 0.717) is 35.5 Å². The Morgan fingerprint density at radius 2 is 1.72 bits per heavy atom. The summed E-state index contributed by atoms with van der Waals surface area (Å²) in [6.07, 6.45) is 10.5. The Bertz CT molecular complexity index is 2590. The lowest BCUT2D eigenvalue weighted by atomic mass is 9.53. The van der Waals surface area contributed by atoms with Crippen molar-refractivity contribution in [2.45, 2.75) is 75.7 Å². The monoisotopic (exact) mass is 841 g/mol. The van der Waals surface area contributed by atoms with Crippen LogP contribution in [0.1, 0.15) is 85.5 Å². The molecule has 10 rings (SSSR count). The Kier molecular flexibility index (Phi) is 10.4. The molecule has 5 fully saturated rings. The molecule has 18 heteroatoms. The largest absolute Gasteiger partial charge is 0.503 e. The minimum absolute atomic E-state index is 0.198. The molecular formula is C43H46F3N9O6. The SMILES string of the molecule is Cn1c(=O)n(C2CCC(=O)NC2=O)c2ccc(CCCN3CCN(c4nccc(-c5ncc(C67CCC(CNC(=O)c8cc(F)c(O)c(F)c8F)(CC6)CC7)o5)n4)CC3)cc21. The van der Waals surface area contributed by atoms with Crippen LogP contribution in [0, 0.1) is 22.9 Å². The number of carbonyl (C=O) groups excluding carboxylic acids is 3. The summed E-state index contributed by atoms with van der Waals surface area (Å²) in [5.41, 5.74) is 1.62. The molecule has 2 saturated heterocycles. The molecule has 3 N–H and O–H groups in total. The first-order valence-corrected chi connectivity index (χ1v) is 20.8. The third kappa shape index (κ3) is 7.44. The van der Waals surface area contributed by atoms with Gasteiger partial charge in [-0.05, 0) is 99.6 Å². The Morgan fingerprint density at radius 1 is 0.967 bits per heavy atom. The van der Waals surface area contributed by atoms with Crippen molar-refractivity contribution < 1.29 is 37.1 Å². The molecular weight excluding hydrogens is 796 g/mol. The number of anilines is 1. The third-order valence-corrected chi connectivity index (χ3v) is 13.6. The van der Waals surface area contributed by atoms with Crippen molar-refractivity contribution in [3.63, 3.8) is 0 Å². The van der Waals surface area contributed by atoms with Crippen LogP contribution >= 0.6 is 0 Å². The van der Waals surface area contributed by atoms with Gasteiger partial charge in [0.05, 0.1) is 22.8 Å². The number of hydrogen-bond donors (Lipinski definition) is 3. The molecule has 320 valence electrons. The van der Waals surface area contributed by atoms with Gasteiger partial charge in [0.25, 0.3) is 5.91 Å². The van der Waals surface area contributed by atoms with E-state index in [9.17, 15) is 37.5 Å². The van der Waals surface area contributed by atoms with E-state index in [1.165, 1.54) is 4.57 Å². The fourth-order valence-corrected chi connectivity index (χ4v) is 9.74. The number of aromatic hydroxyl groups is 1. The second-order valence-corrected chi connectivity index (χ2v) is 17.1. The van der Waals surface area contributed by atoms with Crippen LogP contribution in [-0.2, 0) is 28.5 Å². The number of imidazole rings is 1. The standard InChI is InChI=1S/C43H46F3N9O6/c1-52-31-21-25(4-5-29(31)55(41(52)60)30-6-7-33(56)51-38(30)59)3-2-16-53-17-19-54(20-18-53)40-47-15-8-28(50-40)39-48-23-32(61-39)43-12-9-42(10-13-43,11-14-43)24-49-37(58)26-22-27(44)36(57)35(46)34(26)45/h4-5,8,15,21-23,30,57H,2-3,6-7,9-14,16-20,24H2,1H3,(H,49,58)(H,51,56,59). The molecule has 0 radical (unpaired) electrons. The summed E-state index contributed by atoms with van der Waals surface area (Å²) in [4.78, 5) is 68.7. The van der Waals surface area contributed by atoms with Gasteiger partial charge in [0, 0.05) is 57.8 Å². The van der Waals surface area contributed by atoms with Crippen molar-refractivity contribution in [2.24, 2.45) is 12.5 Å². The lowest BCUT2D eigenvalue weighted by Crippen LogP contribution is -2.49. The van der Waals surface area contributed by atoms with Crippen molar-refractivity contribution in [1.82, 2.24) is 39.6 Å². The summed E-state index contributed by atoms with van der Waals surface area (Å²) < 4.78 is 51.5. The van der Waals surface area contributed by atoms with E-state index in [-0.39, 0.29) is 35.4 Å². The molecule has 15 nitrogen and oxygen atoms in total. The van der Waals surface area contributed by atoms with Crippen molar-refractivity contribution in [2.75, 3.05) is 44.2 Å². The lowest BCUT2D eigenvalue weighted by Gasteiger charge is -2.52. The second kappa shape index (κ2) is 15.8. The van der Waals surface area contributed by atoms with Gasteiger partial charge in [0.15, 0.2) is 17.4 Å². The van der Waals surface area contributed by atoms with Gasteiger partial charge in [-0.1, -0.05) is 6.07 Å². The van der Waals surface area contributed by atoms with Crippen LogP contribution in [0.4, 0.5) is 19.1 Å². The molecule has 2 bridgehead atoms. The number of nitrogens with zero attached hydrogens (tertiary/aromatic N) is 7. The number of hydrogen-bond acceptors (Lipinski definition) is 11. The smallest absolute Gasteiger partial charge is 0.329 e. The predicted molar refractivity (Wildman–Crippen MR) is 215 cm³/mol. The summed E-state index contributed by atoms with van der Waals surface area (Å²) in [6.45, 7) is 4.34. The summed E-state index contributed by atoms with van der Waals surface area (Å²) >= 11 is 0. The number of phenols is 1. The van der Waals surface area contributed by atoms with Gasteiger partial charge in [-0.15, -0.1) is 0 Å². The molecule has 5 aromatic rings. The van der Waals surface area contributed by atoms with Crippen molar-refractivity contribution in [3.05, 3.63) is 87.5 Å². The molecule has 1 atom stereocenters. The number of rotatable bonds is 11. The first-order chi connectivity index (χ1) is 29.3. The van der Waals surface area contributed by atoms with E-state index in [4.69, 9.17) is 9.40 Å². The van der Waals surface area contributed by atoms with Crippen LogP contribution in [0.3, 0.4) is 0 Å². The van der Waals surface area contributed by atoms with E-state index in [2.05, 4.69) is 30.4 Å². The number of aryl methyl sites for hydroxylation is 2. The summed E-state index contributed by atoms with van der Waals surface area (Å²) in [5.74, 6) is -6.11. The Hall–Kier alpha value is -6.04. The molecule has 5 heterocycles. The maximum atomic E-state index is 14.3. The maximum absolute atomic E-state index is 14.3. The topological polar surface area (TPSA) is 181 Å². The quantitative estimate of drug-likeness (QED) is 0.124. The number of fused-ring (bicyclic) bond motifs is 4. The van der Waals surface area contributed by atoms with Crippen molar-refractivity contribution >= 4 is 34.7 Å². The zero-order valence-corrected chi connectivity index (χ0v) is 33.7. The fraction of sp³-hybridized carbons (Fsp3) is 0.465. The number of nitrogens with one attached hydrogen (secondary N) is 2. The van der Waals surface area contributed by atoms with Crippen LogP contribution in [0.25, 0.3) is 22.6 Å². The highest BCUT2D eigenvalue weighted by atomic mass is 19.2. The second-order valence-electron chi connectivity index (χ2n) is 17.1. The number of imide groups is 1. The Labute approximate surface area is 348 Å². The van der Waals surface area contributed by atoms with E-state index < -0.39 is 46.6 Å². The summed E-state index contributed by atoms with van der Waals surface area (Å²) in [5, 5.41) is 14.3. The van der Waals surface area contributed by atoms with Crippen molar-refractivity contribution in [1.29, 1.82) is 0 Å². The van der Waals surface area contributed by atoms with E-state index in [1.807, 2.05) is 18.2 Å². The van der Waals surface area contributed by atoms with Gasteiger partial charge in [-0.25, -0.2) is 28.5 Å². The number of piperazine rings is 1. The summed E-state index contributed by atoms with van der Waals surface area (Å²) in [6, 6.07) is 7.50. The van der Waals surface area contributed by atoms with Gasteiger partial charge < -0.3 is 19.7 Å². The van der Waals surface area contributed by atoms with E-state index in [0.717, 1.165) is 101 Å². The highest BCUT2D eigenvalue weighted by Crippen LogP contribution is 2.57. The van der Waals surface area contributed by atoms with Gasteiger partial charge in [0.2, 0.25) is 29.5 Å². The van der Waals surface area contributed by atoms with Crippen LogP contribution in [0.15, 0.2) is 51.9 Å². The van der Waals surface area contributed by atoms with Gasteiger partial charge in [0.1, 0.15) is 17.5 Å². The number of halogens is 3. The first kappa shape index (κ1) is 40.4. The maximum Gasteiger partial charge on any atom is 0.329 e. The molecule has 2 aliphatic heterocycles. The number of aromatic nitrogens is 5. The normalized spacial score (nSPS) is 23.1. The molecule has 1 unspecified atom stereocenters.